The first-order valence-corrected chi connectivity index (χ1v) is 6.12. The Hall–Kier alpha value is -1.71. The van der Waals surface area contributed by atoms with E-state index in [0.29, 0.717) is 6.54 Å². The summed E-state index contributed by atoms with van der Waals surface area (Å²) in [6.07, 6.45) is 0. The molecule has 4 nitrogen and oxygen atoms in total. The highest BCUT2D eigenvalue weighted by atomic mass is 16.5. The molecule has 1 aromatic rings. The molecule has 1 N–H and O–H groups in total. The molecule has 0 aromatic heterocycles. The fourth-order valence-corrected chi connectivity index (χ4v) is 2.64. The molecule has 2 rings (SSSR count). The van der Waals surface area contributed by atoms with Crippen LogP contribution in [0.4, 0.5) is 4.79 Å². The zero-order valence-electron chi connectivity index (χ0n) is 11.6. The minimum atomic E-state index is -0.00716. The van der Waals surface area contributed by atoms with Gasteiger partial charge in [0.15, 0.2) is 0 Å². The van der Waals surface area contributed by atoms with E-state index in [2.05, 4.69) is 26.1 Å². The summed E-state index contributed by atoms with van der Waals surface area (Å²) in [5, 5.41) is 3.01. The summed E-state index contributed by atoms with van der Waals surface area (Å²) in [6.45, 7) is 6.92. The lowest BCUT2D eigenvalue weighted by molar-refractivity contribution is 0.226. The van der Waals surface area contributed by atoms with Crippen LogP contribution in [0.2, 0.25) is 0 Å². The maximum absolute atomic E-state index is 11.6. The van der Waals surface area contributed by atoms with Gasteiger partial charge in [-0.3, -0.25) is 0 Å². The number of aryl methyl sites for hydroxylation is 1. The molecule has 1 fully saturated rings. The normalized spacial score (nSPS) is 19.1. The molecular formula is C14H20N2O2. The standard InChI is InChI=1S/C14H20N2O2/c1-8-6-12(18-5)9(2)10(3)13(8)11-7-16(4)14(17)15-11/h6,11H,7H2,1-5H3,(H,15,17). The number of hydrogen-bond acceptors (Lipinski definition) is 2. The molecule has 1 heterocycles. The van der Waals surface area contributed by atoms with Gasteiger partial charge >= 0.3 is 6.03 Å². The number of rotatable bonds is 2. The Morgan fingerprint density at radius 1 is 1.33 bits per heavy atom. The van der Waals surface area contributed by atoms with Crippen molar-refractivity contribution in [1.29, 1.82) is 0 Å². The number of nitrogens with one attached hydrogen (secondary N) is 1. The summed E-state index contributed by atoms with van der Waals surface area (Å²) < 4.78 is 5.37. The average molecular weight is 248 g/mol. The topological polar surface area (TPSA) is 41.6 Å². The Balaban J connectivity index is 2.46. The van der Waals surface area contributed by atoms with Gasteiger partial charge in [-0.2, -0.15) is 0 Å². The van der Waals surface area contributed by atoms with Crippen LogP contribution in [-0.4, -0.2) is 31.6 Å². The monoisotopic (exact) mass is 248 g/mol. The third kappa shape index (κ3) is 1.92. The van der Waals surface area contributed by atoms with Gasteiger partial charge < -0.3 is 15.0 Å². The zero-order valence-corrected chi connectivity index (χ0v) is 11.6. The van der Waals surface area contributed by atoms with E-state index in [1.165, 1.54) is 11.1 Å². The predicted molar refractivity (Wildman–Crippen MR) is 71.1 cm³/mol. The van der Waals surface area contributed by atoms with Gasteiger partial charge in [0.2, 0.25) is 0 Å². The third-order valence-corrected chi connectivity index (χ3v) is 3.78. The van der Waals surface area contributed by atoms with Crippen LogP contribution in [0.25, 0.3) is 0 Å². The molecule has 0 saturated carbocycles. The molecule has 18 heavy (non-hydrogen) atoms. The molecule has 0 aliphatic carbocycles. The second kappa shape index (κ2) is 4.52. The SMILES string of the molecule is COc1cc(C)c(C2CN(C)C(=O)N2)c(C)c1C. The zero-order chi connectivity index (χ0) is 13.4. The van der Waals surface area contributed by atoms with E-state index in [1.807, 2.05) is 13.1 Å². The van der Waals surface area contributed by atoms with Gasteiger partial charge in [0, 0.05) is 13.6 Å². The van der Waals surface area contributed by atoms with E-state index in [1.54, 1.807) is 12.0 Å². The minimum absolute atomic E-state index is 0.00716. The lowest BCUT2D eigenvalue weighted by Gasteiger charge is -2.20. The van der Waals surface area contributed by atoms with Crippen molar-refractivity contribution < 1.29 is 9.53 Å². The first-order valence-electron chi connectivity index (χ1n) is 6.12. The van der Waals surface area contributed by atoms with Crippen molar-refractivity contribution in [3.05, 3.63) is 28.3 Å². The fourth-order valence-electron chi connectivity index (χ4n) is 2.64. The van der Waals surface area contributed by atoms with E-state index in [9.17, 15) is 4.79 Å². The Kier molecular flexibility index (Phi) is 3.20. The molecule has 0 radical (unpaired) electrons. The maximum Gasteiger partial charge on any atom is 0.317 e. The van der Waals surface area contributed by atoms with Crippen molar-refractivity contribution in [2.75, 3.05) is 20.7 Å². The second-order valence-corrected chi connectivity index (χ2v) is 4.94. The average Bonchev–Trinajstić information content (AvgIpc) is 2.64. The molecule has 1 aliphatic rings. The van der Waals surface area contributed by atoms with E-state index < -0.39 is 0 Å². The lowest BCUT2D eigenvalue weighted by Crippen LogP contribution is -2.24. The summed E-state index contributed by atoms with van der Waals surface area (Å²) in [7, 11) is 3.50. The molecule has 1 saturated heterocycles. The molecule has 4 heteroatoms. The molecule has 2 amide bonds. The van der Waals surface area contributed by atoms with Crippen LogP contribution >= 0.6 is 0 Å². The maximum atomic E-state index is 11.6. The second-order valence-electron chi connectivity index (χ2n) is 4.94. The van der Waals surface area contributed by atoms with Gasteiger partial charge in [-0.05, 0) is 49.1 Å². The van der Waals surface area contributed by atoms with Crippen LogP contribution in [0.3, 0.4) is 0 Å². The van der Waals surface area contributed by atoms with Gasteiger partial charge in [-0.15, -0.1) is 0 Å². The molecule has 98 valence electrons. The van der Waals surface area contributed by atoms with Crippen LogP contribution in [-0.2, 0) is 0 Å². The van der Waals surface area contributed by atoms with Crippen molar-refractivity contribution in [3.63, 3.8) is 0 Å². The smallest absolute Gasteiger partial charge is 0.317 e. The van der Waals surface area contributed by atoms with Crippen LogP contribution in [0, 0.1) is 20.8 Å². The van der Waals surface area contributed by atoms with Gasteiger partial charge in [-0.25, -0.2) is 4.79 Å². The van der Waals surface area contributed by atoms with Crippen molar-refractivity contribution in [2.24, 2.45) is 0 Å². The van der Waals surface area contributed by atoms with Gasteiger partial charge in [-0.1, -0.05) is 0 Å². The van der Waals surface area contributed by atoms with E-state index in [4.69, 9.17) is 4.74 Å². The van der Waals surface area contributed by atoms with E-state index in [-0.39, 0.29) is 12.1 Å². The summed E-state index contributed by atoms with van der Waals surface area (Å²) in [5.74, 6) is 0.909. The highest BCUT2D eigenvalue weighted by molar-refractivity contribution is 5.77. The predicted octanol–water partition coefficient (Wildman–Crippen LogP) is 2.32. The number of hydrogen-bond donors (Lipinski definition) is 1. The molecule has 1 unspecified atom stereocenters. The molecular weight excluding hydrogens is 228 g/mol. The largest absolute Gasteiger partial charge is 0.496 e. The Labute approximate surface area is 108 Å². The first-order chi connectivity index (χ1) is 8.45. The molecule has 0 spiro atoms. The third-order valence-electron chi connectivity index (χ3n) is 3.78. The number of methoxy groups -OCH3 is 1. The van der Waals surface area contributed by atoms with Gasteiger partial charge in [0.05, 0.1) is 13.2 Å². The fraction of sp³-hybridized carbons (Fsp3) is 0.500. The highest BCUT2D eigenvalue weighted by Gasteiger charge is 2.29. The number of amides is 2. The van der Waals surface area contributed by atoms with Gasteiger partial charge in [0.1, 0.15) is 5.75 Å². The molecule has 1 aromatic carbocycles. The van der Waals surface area contributed by atoms with Crippen LogP contribution in [0.15, 0.2) is 6.07 Å². The molecule has 0 bridgehead atoms. The van der Waals surface area contributed by atoms with Crippen LogP contribution in [0.5, 0.6) is 5.75 Å². The number of benzene rings is 1. The van der Waals surface area contributed by atoms with Crippen molar-refractivity contribution in [1.82, 2.24) is 10.2 Å². The summed E-state index contributed by atoms with van der Waals surface area (Å²) >= 11 is 0. The van der Waals surface area contributed by atoms with E-state index >= 15 is 0 Å². The molecule has 1 atom stereocenters. The Morgan fingerprint density at radius 2 is 2.00 bits per heavy atom. The Morgan fingerprint density at radius 3 is 2.50 bits per heavy atom. The number of likely N-dealkylation sites (N-methyl/N-ethyl adjacent to an activating group) is 1. The van der Waals surface area contributed by atoms with Crippen LogP contribution in [0.1, 0.15) is 28.3 Å². The number of nitrogens with zero attached hydrogens (tertiary/aromatic N) is 1. The van der Waals surface area contributed by atoms with E-state index in [0.717, 1.165) is 16.9 Å². The highest BCUT2D eigenvalue weighted by Crippen LogP contribution is 2.32. The summed E-state index contributed by atoms with van der Waals surface area (Å²) in [5.41, 5.74) is 4.72. The minimum Gasteiger partial charge on any atom is -0.496 e. The lowest BCUT2D eigenvalue weighted by atomic mass is 9.92. The number of carbonyl (C=O) groups excluding carboxylic acids is 1. The quantitative estimate of drug-likeness (QED) is 0.872. The first kappa shape index (κ1) is 12.7. The van der Waals surface area contributed by atoms with Crippen molar-refractivity contribution in [2.45, 2.75) is 26.8 Å². The number of carbonyl (C=O) groups is 1. The van der Waals surface area contributed by atoms with Crippen LogP contribution < -0.4 is 10.1 Å². The van der Waals surface area contributed by atoms with Crippen molar-refractivity contribution in [3.8, 4) is 5.75 Å². The molecule has 1 aliphatic heterocycles. The summed E-state index contributed by atoms with van der Waals surface area (Å²) in [6, 6.07) is 2.11. The van der Waals surface area contributed by atoms with Crippen molar-refractivity contribution >= 4 is 6.03 Å². The number of ether oxygens (including phenoxy) is 1. The summed E-state index contributed by atoms with van der Waals surface area (Å²) in [4.78, 5) is 13.3. The van der Waals surface area contributed by atoms with Gasteiger partial charge in [0.25, 0.3) is 0 Å². The number of urea groups is 1. The Bertz CT molecular complexity index is 497.